The highest BCUT2D eigenvalue weighted by Gasteiger charge is 2.49. The van der Waals surface area contributed by atoms with Gasteiger partial charge < -0.3 is 10.0 Å². The summed E-state index contributed by atoms with van der Waals surface area (Å²) in [6.45, 7) is 3.81. The molecule has 3 aromatic carbocycles. The van der Waals surface area contributed by atoms with Gasteiger partial charge in [-0.15, -0.1) is 0 Å². The van der Waals surface area contributed by atoms with Crippen molar-refractivity contribution in [2.75, 3.05) is 0 Å². The molecule has 0 fully saturated rings. The number of halogens is 2. The maximum atomic E-state index is 13.5. The molecule has 1 heterocycles. The lowest BCUT2D eigenvalue weighted by Crippen LogP contribution is -2.56. The van der Waals surface area contributed by atoms with Crippen LogP contribution in [-0.4, -0.2) is 27.4 Å². The Kier molecular flexibility index (Phi) is 5.54. The fraction of sp³-hybridized carbons (Fsp3) is 0.200. The number of rotatable bonds is 4. The summed E-state index contributed by atoms with van der Waals surface area (Å²) in [4.78, 5) is 27.5. The maximum Gasteiger partial charge on any atom is 0.313 e. The third kappa shape index (κ3) is 3.82. The Hall–Kier alpha value is -2.82. The fourth-order valence-electron chi connectivity index (χ4n) is 4.28. The molecule has 6 heteroatoms. The highest BCUT2D eigenvalue weighted by Crippen LogP contribution is 2.43. The lowest BCUT2D eigenvalue weighted by atomic mass is 9.74. The SMILES string of the molecule is CC1(C)C(C(=O)O)c2cc(-c3ccccc3)ccc2C(=O)N1Cc1ccc(Cl)c(Cl)c1. The van der Waals surface area contributed by atoms with Crippen molar-refractivity contribution in [3.8, 4) is 11.1 Å². The van der Waals surface area contributed by atoms with Gasteiger partial charge in [0, 0.05) is 12.1 Å². The van der Waals surface area contributed by atoms with Crippen LogP contribution in [0.1, 0.15) is 41.3 Å². The first-order valence-corrected chi connectivity index (χ1v) is 10.6. The molecular weight excluding hydrogens is 433 g/mol. The molecule has 0 spiro atoms. The Labute approximate surface area is 191 Å². The van der Waals surface area contributed by atoms with Crippen LogP contribution in [0.25, 0.3) is 11.1 Å². The molecular formula is C25H21Cl2NO3. The van der Waals surface area contributed by atoms with Crippen molar-refractivity contribution in [3.63, 3.8) is 0 Å². The molecule has 0 radical (unpaired) electrons. The van der Waals surface area contributed by atoms with Crippen LogP contribution in [0.5, 0.6) is 0 Å². The molecule has 0 saturated carbocycles. The molecule has 1 amide bonds. The summed E-state index contributed by atoms with van der Waals surface area (Å²) in [6, 6.07) is 20.3. The van der Waals surface area contributed by atoms with Gasteiger partial charge in [0.15, 0.2) is 0 Å². The normalized spacial score (nSPS) is 17.4. The Morgan fingerprint density at radius 3 is 2.32 bits per heavy atom. The number of benzene rings is 3. The number of nitrogens with zero attached hydrogens (tertiary/aromatic N) is 1. The van der Waals surface area contributed by atoms with E-state index in [0.29, 0.717) is 21.2 Å². The van der Waals surface area contributed by atoms with Gasteiger partial charge in [0.2, 0.25) is 0 Å². The van der Waals surface area contributed by atoms with Gasteiger partial charge in [0.1, 0.15) is 5.92 Å². The second kappa shape index (κ2) is 8.03. The fourth-order valence-corrected chi connectivity index (χ4v) is 4.60. The number of hydrogen-bond acceptors (Lipinski definition) is 2. The summed E-state index contributed by atoms with van der Waals surface area (Å²) in [5.74, 6) is -2.06. The van der Waals surface area contributed by atoms with Gasteiger partial charge in [-0.3, -0.25) is 9.59 Å². The van der Waals surface area contributed by atoms with Crippen LogP contribution >= 0.6 is 23.2 Å². The van der Waals surface area contributed by atoms with Crippen molar-refractivity contribution in [2.24, 2.45) is 0 Å². The first kappa shape index (κ1) is 21.4. The van der Waals surface area contributed by atoms with Crippen LogP contribution in [0.4, 0.5) is 0 Å². The zero-order valence-corrected chi connectivity index (χ0v) is 18.6. The summed E-state index contributed by atoms with van der Waals surface area (Å²) in [5, 5.41) is 11.0. The number of hydrogen-bond donors (Lipinski definition) is 1. The molecule has 0 bridgehead atoms. The van der Waals surface area contributed by atoms with Crippen LogP contribution in [0.15, 0.2) is 66.7 Å². The third-order valence-corrected chi connectivity index (χ3v) is 6.66. The van der Waals surface area contributed by atoms with Crippen LogP contribution in [-0.2, 0) is 11.3 Å². The number of carbonyl (C=O) groups is 2. The second-order valence-corrected chi connectivity index (χ2v) is 9.05. The molecule has 0 aliphatic carbocycles. The lowest BCUT2D eigenvalue weighted by molar-refractivity contribution is -0.142. The lowest BCUT2D eigenvalue weighted by Gasteiger charge is -2.47. The number of carboxylic acids is 1. The molecule has 4 rings (SSSR count). The monoisotopic (exact) mass is 453 g/mol. The van der Waals surface area contributed by atoms with Gasteiger partial charge in [0.25, 0.3) is 5.91 Å². The minimum absolute atomic E-state index is 0.205. The average Bonchev–Trinajstić information content (AvgIpc) is 2.73. The highest BCUT2D eigenvalue weighted by molar-refractivity contribution is 6.42. The standard InChI is InChI=1S/C25H21Cl2NO3/c1-25(2)22(24(30)31)19-13-17(16-6-4-3-5-7-16)9-10-18(19)23(29)28(25)14-15-8-11-20(26)21(27)12-15/h3-13,22H,14H2,1-2H3,(H,30,31). The van der Waals surface area contributed by atoms with Gasteiger partial charge >= 0.3 is 5.97 Å². The molecule has 1 unspecified atom stereocenters. The van der Waals surface area contributed by atoms with E-state index in [2.05, 4.69) is 0 Å². The molecule has 31 heavy (non-hydrogen) atoms. The van der Waals surface area contributed by atoms with Gasteiger partial charge in [-0.2, -0.15) is 0 Å². The summed E-state index contributed by atoms with van der Waals surface area (Å²) in [5.41, 5.74) is 2.62. The van der Waals surface area contributed by atoms with E-state index in [4.69, 9.17) is 23.2 Å². The van der Waals surface area contributed by atoms with Gasteiger partial charge in [0.05, 0.1) is 15.6 Å². The smallest absolute Gasteiger partial charge is 0.313 e. The average molecular weight is 454 g/mol. The molecule has 0 saturated heterocycles. The largest absolute Gasteiger partial charge is 0.481 e. The van der Waals surface area contributed by atoms with E-state index in [-0.39, 0.29) is 12.5 Å². The van der Waals surface area contributed by atoms with E-state index in [0.717, 1.165) is 16.7 Å². The summed E-state index contributed by atoms with van der Waals surface area (Å²) < 4.78 is 0. The van der Waals surface area contributed by atoms with Crippen LogP contribution in [0.3, 0.4) is 0 Å². The molecule has 1 N–H and O–H groups in total. The zero-order chi connectivity index (χ0) is 22.3. The van der Waals surface area contributed by atoms with E-state index in [1.165, 1.54) is 0 Å². The molecule has 1 aliphatic rings. The van der Waals surface area contributed by atoms with E-state index < -0.39 is 17.4 Å². The van der Waals surface area contributed by atoms with Crippen molar-refractivity contribution in [1.82, 2.24) is 4.90 Å². The molecule has 158 valence electrons. The van der Waals surface area contributed by atoms with Crippen LogP contribution in [0.2, 0.25) is 10.0 Å². The van der Waals surface area contributed by atoms with E-state index in [1.807, 2.05) is 42.5 Å². The van der Waals surface area contributed by atoms with Gasteiger partial charge in [-0.1, -0.05) is 65.7 Å². The number of fused-ring (bicyclic) bond motifs is 1. The predicted molar refractivity (Wildman–Crippen MR) is 123 cm³/mol. The molecule has 4 nitrogen and oxygen atoms in total. The van der Waals surface area contributed by atoms with Crippen LogP contribution in [0, 0.1) is 0 Å². The number of carbonyl (C=O) groups excluding carboxylic acids is 1. The quantitative estimate of drug-likeness (QED) is 0.506. The molecule has 0 aromatic heterocycles. The molecule has 1 atom stereocenters. The first-order valence-electron chi connectivity index (χ1n) is 9.88. The number of amides is 1. The molecule has 1 aliphatic heterocycles. The third-order valence-electron chi connectivity index (χ3n) is 5.92. The zero-order valence-electron chi connectivity index (χ0n) is 17.1. The van der Waals surface area contributed by atoms with Gasteiger partial charge in [-0.25, -0.2) is 0 Å². The Balaban J connectivity index is 1.81. The van der Waals surface area contributed by atoms with Crippen molar-refractivity contribution in [2.45, 2.75) is 31.8 Å². The Bertz CT molecular complexity index is 1170. The van der Waals surface area contributed by atoms with E-state index in [9.17, 15) is 14.7 Å². The van der Waals surface area contributed by atoms with Gasteiger partial charge in [-0.05, 0) is 60.4 Å². The minimum Gasteiger partial charge on any atom is -0.481 e. The molecule has 3 aromatic rings. The Morgan fingerprint density at radius 1 is 0.968 bits per heavy atom. The van der Waals surface area contributed by atoms with Crippen molar-refractivity contribution in [3.05, 3.63) is 93.5 Å². The topological polar surface area (TPSA) is 57.6 Å². The number of aliphatic carboxylic acids is 1. The summed E-state index contributed by atoms with van der Waals surface area (Å²) >= 11 is 12.2. The Morgan fingerprint density at radius 2 is 1.68 bits per heavy atom. The van der Waals surface area contributed by atoms with Crippen LogP contribution < -0.4 is 0 Å². The van der Waals surface area contributed by atoms with E-state index >= 15 is 0 Å². The van der Waals surface area contributed by atoms with E-state index in [1.54, 1.807) is 43.0 Å². The predicted octanol–water partition coefficient (Wildman–Crippen LogP) is 6.26. The van der Waals surface area contributed by atoms with Crippen molar-refractivity contribution in [1.29, 1.82) is 0 Å². The number of carboxylic acid groups (broad SMARTS) is 1. The first-order chi connectivity index (χ1) is 14.7. The summed E-state index contributed by atoms with van der Waals surface area (Å²) in [7, 11) is 0. The summed E-state index contributed by atoms with van der Waals surface area (Å²) in [6.07, 6.45) is 0. The van der Waals surface area contributed by atoms with Crippen molar-refractivity contribution >= 4 is 35.1 Å². The highest BCUT2D eigenvalue weighted by atomic mass is 35.5. The maximum absolute atomic E-state index is 13.5. The second-order valence-electron chi connectivity index (χ2n) is 8.23. The van der Waals surface area contributed by atoms with Crippen molar-refractivity contribution < 1.29 is 14.7 Å². The minimum atomic E-state index is -0.969.